The molecule has 0 aromatic heterocycles. The molecule has 0 spiro atoms. The lowest BCUT2D eigenvalue weighted by Crippen LogP contribution is -2.48. The third-order valence-corrected chi connectivity index (χ3v) is 3.99. The Morgan fingerprint density at radius 2 is 1.89 bits per heavy atom. The van der Waals surface area contributed by atoms with Gasteiger partial charge in [0.05, 0.1) is 18.8 Å². The van der Waals surface area contributed by atoms with E-state index in [-0.39, 0.29) is 17.6 Å². The van der Waals surface area contributed by atoms with Crippen LogP contribution in [0.25, 0.3) is 0 Å². The van der Waals surface area contributed by atoms with Gasteiger partial charge in [0.25, 0.3) is 0 Å². The second-order valence-corrected chi connectivity index (χ2v) is 5.93. The van der Waals surface area contributed by atoms with Crippen molar-refractivity contribution < 1.29 is 14.2 Å². The summed E-state index contributed by atoms with van der Waals surface area (Å²) in [6.07, 6.45) is 0.565. The third-order valence-electron chi connectivity index (χ3n) is 3.99. The maximum atomic E-state index is 5.84. The monoisotopic (exact) mass is 264 g/mol. The molecule has 0 radical (unpaired) electrons. The van der Waals surface area contributed by atoms with Crippen LogP contribution < -0.4 is 4.74 Å². The molecule has 1 saturated heterocycles. The van der Waals surface area contributed by atoms with Crippen LogP contribution in [0.2, 0.25) is 0 Å². The largest absolute Gasteiger partial charge is 0.488 e. The van der Waals surface area contributed by atoms with E-state index >= 15 is 0 Å². The first-order valence-corrected chi connectivity index (χ1v) is 6.86. The zero-order valence-electron chi connectivity index (χ0n) is 12.5. The molecule has 3 atom stereocenters. The lowest BCUT2D eigenvalue weighted by molar-refractivity contribution is -0.230. The predicted octanol–water partition coefficient (Wildman–Crippen LogP) is 3.59. The summed E-state index contributed by atoms with van der Waals surface area (Å²) in [6.45, 7) is 9.21. The van der Waals surface area contributed by atoms with Crippen LogP contribution in [0.1, 0.15) is 39.4 Å². The van der Waals surface area contributed by atoms with Gasteiger partial charge in [-0.3, -0.25) is 0 Å². The highest BCUT2D eigenvalue weighted by atomic mass is 16.5. The van der Waals surface area contributed by atoms with Gasteiger partial charge in [-0.15, -0.1) is 0 Å². The van der Waals surface area contributed by atoms with Gasteiger partial charge in [0, 0.05) is 12.5 Å². The number of benzene rings is 1. The molecule has 3 unspecified atom stereocenters. The SMILES string of the molecule is COCC(C)Oc1ccc(C2OC(C)C2(C)C)cc1. The van der Waals surface area contributed by atoms with Crippen molar-refractivity contribution in [1.82, 2.24) is 0 Å². The van der Waals surface area contributed by atoms with Crippen molar-refractivity contribution in [3.63, 3.8) is 0 Å². The van der Waals surface area contributed by atoms with Gasteiger partial charge in [-0.25, -0.2) is 0 Å². The molecule has 0 aliphatic carbocycles. The van der Waals surface area contributed by atoms with E-state index in [9.17, 15) is 0 Å². The van der Waals surface area contributed by atoms with Gasteiger partial charge >= 0.3 is 0 Å². The average molecular weight is 264 g/mol. The lowest BCUT2D eigenvalue weighted by atomic mass is 9.73. The number of ether oxygens (including phenoxy) is 3. The smallest absolute Gasteiger partial charge is 0.119 e. The highest BCUT2D eigenvalue weighted by molar-refractivity contribution is 5.31. The number of rotatable bonds is 5. The standard InChI is InChI=1S/C16H24O3/c1-11(10-17-5)18-14-8-6-13(7-9-14)15-16(3,4)12(2)19-15/h6-9,11-12,15H,10H2,1-5H3. The Hall–Kier alpha value is -1.06. The second kappa shape index (κ2) is 5.51. The van der Waals surface area contributed by atoms with E-state index in [4.69, 9.17) is 14.2 Å². The zero-order valence-corrected chi connectivity index (χ0v) is 12.5. The van der Waals surface area contributed by atoms with Crippen molar-refractivity contribution in [2.45, 2.75) is 46.0 Å². The molecule has 1 heterocycles. The molecule has 0 saturated carbocycles. The summed E-state index contributed by atoms with van der Waals surface area (Å²) in [5.74, 6) is 0.874. The molecule has 0 amide bonds. The van der Waals surface area contributed by atoms with E-state index in [2.05, 4.69) is 32.9 Å². The summed E-state index contributed by atoms with van der Waals surface area (Å²) in [5.41, 5.74) is 1.42. The van der Waals surface area contributed by atoms with Crippen molar-refractivity contribution in [3.05, 3.63) is 29.8 Å². The summed E-state index contributed by atoms with van der Waals surface area (Å²) in [6, 6.07) is 8.19. The van der Waals surface area contributed by atoms with Crippen molar-refractivity contribution in [1.29, 1.82) is 0 Å². The maximum absolute atomic E-state index is 5.84. The van der Waals surface area contributed by atoms with Gasteiger partial charge in [-0.05, 0) is 31.5 Å². The highest BCUT2D eigenvalue weighted by Gasteiger charge is 2.47. The Bertz CT molecular complexity index is 411. The molecular formula is C16H24O3. The van der Waals surface area contributed by atoms with E-state index in [1.807, 2.05) is 19.1 Å². The van der Waals surface area contributed by atoms with E-state index in [1.165, 1.54) is 5.56 Å². The molecule has 1 aliphatic heterocycles. The van der Waals surface area contributed by atoms with E-state index in [0.29, 0.717) is 12.7 Å². The van der Waals surface area contributed by atoms with Gasteiger partial charge in [0.2, 0.25) is 0 Å². The summed E-state index contributed by atoms with van der Waals surface area (Å²) in [4.78, 5) is 0. The number of hydrogen-bond donors (Lipinski definition) is 0. The van der Waals surface area contributed by atoms with Crippen LogP contribution >= 0.6 is 0 Å². The Kier molecular flexibility index (Phi) is 4.16. The van der Waals surface area contributed by atoms with E-state index in [1.54, 1.807) is 7.11 Å². The van der Waals surface area contributed by atoms with Crippen LogP contribution in [0.3, 0.4) is 0 Å². The van der Waals surface area contributed by atoms with Crippen LogP contribution in [0.15, 0.2) is 24.3 Å². The molecule has 2 rings (SSSR count). The molecule has 3 heteroatoms. The summed E-state index contributed by atoms with van der Waals surface area (Å²) in [5, 5.41) is 0. The van der Waals surface area contributed by atoms with Crippen LogP contribution in [-0.2, 0) is 9.47 Å². The van der Waals surface area contributed by atoms with Gasteiger partial charge in [0.15, 0.2) is 0 Å². The molecule has 106 valence electrons. The van der Waals surface area contributed by atoms with Crippen LogP contribution in [0.5, 0.6) is 5.75 Å². The lowest BCUT2D eigenvalue weighted by Gasteiger charge is -2.50. The van der Waals surface area contributed by atoms with Crippen molar-refractivity contribution >= 4 is 0 Å². The molecule has 1 aromatic rings. The zero-order chi connectivity index (χ0) is 14.0. The van der Waals surface area contributed by atoms with Crippen molar-refractivity contribution in [2.75, 3.05) is 13.7 Å². The Labute approximate surface area is 115 Å². The molecule has 1 aliphatic rings. The molecular weight excluding hydrogens is 240 g/mol. The fraction of sp³-hybridized carbons (Fsp3) is 0.625. The molecule has 0 N–H and O–H groups in total. The van der Waals surface area contributed by atoms with E-state index in [0.717, 1.165) is 5.75 Å². The summed E-state index contributed by atoms with van der Waals surface area (Å²) < 4.78 is 16.6. The Balaban J connectivity index is 1.99. The first kappa shape index (κ1) is 14.4. The molecule has 0 bridgehead atoms. The normalized spacial score (nSPS) is 26.6. The highest BCUT2D eigenvalue weighted by Crippen LogP contribution is 2.50. The summed E-state index contributed by atoms with van der Waals surface area (Å²) >= 11 is 0. The summed E-state index contributed by atoms with van der Waals surface area (Å²) in [7, 11) is 1.68. The second-order valence-electron chi connectivity index (χ2n) is 5.93. The third kappa shape index (κ3) is 2.93. The first-order chi connectivity index (χ1) is 8.95. The minimum absolute atomic E-state index is 0.0623. The number of hydrogen-bond acceptors (Lipinski definition) is 3. The molecule has 3 nitrogen and oxygen atoms in total. The van der Waals surface area contributed by atoms with Gasteiger partial charge in [-0.2, -0.15) is 0 Å². The van der Waals surface area contributed by atoms with Crippen molar-refractivity contribution in [3.8, 4) is 5.75 Å². The quantitative estimate of drug-likeness (QED) is 0.813. The topological polar surface area (TPSA) is 27.7 Å². The Morgan fingerprint density at radius 3 is 2.37 bits per heavy atom. The van der Waals surface area contributed by atoms with Gasteiger partial charge < -0.3 is 14.2 Å². The van der Waals surface area contributed by atoms with Gasteiger partial charge in [0.1, 0.15) is 11.9 Å². The minimum atomic E-state index is 0.0623. The fourth-order valence-corrected chi connectivity index (χ4v) is 2.43. The van der Waals surface area contributed by atoms with Crippen LogP contribution in [-0.4, -0.2) is 25.9 Å². The molecule has 1 aromatic carbocycles. The number of methoxy groups -OCH3 is 1. The molecule has 19 heavy (non-hydrogen) atoms. The van der Waals surface area contributed by atoms with Crippen LogP contribution in [0, 0.1) is 5.41 Å². The minimum Gasteiger partial charge on any atom is -0.488 e. The van der Waals surface area contributed by atoms with Crippen LogP contribution in [0.4, 0.5) is 0 Å². The Morgan fingerprint density at radius 1 is 1.26 bits per heavy atom. The van der Waals surface area contributed by atoms with E-state index < -0.39 is 0 Å². The fourth-order valence-electron chi connectivity index (χ4n) is 2.43. The average Bonchev–Trinajstić information content (AvgIpc) is 2.37. The predicted molar refractivity (Wildman–Crippen MR) is 75.5 cm³/mol. The first-order valence-electron chi connectivity index (χ1n) is 6.86. The van der Waals surface area contributed by atoms with Crippen molar-refractivity contribution in [2.24, 2.45) is 5.41 Å². The maximum Gasteiger partial charge on any atom is 0.119 e. The van der Waals surface area contributed by atoms with Gasteiger partial charge in [-0.1, -0.05) is 26.0 Å². The molecule has 1 fully saturated rings.